The highest BCUT2D eigenvalue weighted by Crippen LogP contribution is 2.19. The van der Waals surface area contributed by atoms with E-state index in [1.54, 1.807) is 6.07 Å². The molecule has 1 heterocycles. The average molecular weight is 346 g/mol. The summed E-state index contributed by atoms with van der Waals surface area (Å²) < 4.78 is 4.79. The van der Waals surface area contributed by atoms with E-state index in [4.69, 9.17) is 16.3 Å². The number of nitrogens with one attached hydrogen (secondary N) is 1. The molecule has 0 spiro atoms. The van der Waals surface area contributed by atoms with Crippen molar-refractivity contribution in [2.24, 2.45) is 0 Å². The third-order valence-corrected chi connectivity index (χ3v) is 4.68. The third-order valence-electron chi connectivity index (χ3n) is 4.45. The molecule has 126 valence electrons. The minimum atomic E-state index is -0.280. The molecule has 0 saturated carbocycles. The van der Waals surface area contributed by atoms with E-state index >= 15 is 0 Å². The average Bonchev–Trinajstić information content (AvgIpc) is 2.62. The molecule has 0 aromatic heterocycles. The SMILES string of the molecule is COC(=O)c1cccc(C[NH+]2CCN(c3cccc(Cl)c3)CC2)c1. The Balaban J connectivity index is 1.58. The first kappa shape index (κ1) is 16.8. The lowest BCUT2D eigenvalue weighted by atomic mass is 10.1. The number of hydrogen-bond acceptors (Lipinski definition) is 3. The summed E-state index contributed by atoms with van der Waals surface area (Å²) in [5.74, 6) is -0.280. The summed E-state index contributed by atoms with van der Waals surface area (Å²) in [6, 6.07) is 15.7. The monoisotopic (exact) mass is 345 g/mol. The van der Waals surface area contributed by atoms with E-state index in [1.165, 1.54) is 23.3 Å². The van der Waals surface area contributed by atoms with Crippen LogP contribution in [-0.2, 0) is 11.3 Å². The number of halogens is 1. The summed E-state index contributed by atoms with van der Waals surface area (Å²) in [6.45, 7) is 5.07. The molecular formula is C19H22ClN2O2+. The van der Waals surface area contributed by atoms with E-state index in [9.17, 15) is 4.79 Å². The van der Waals surface area contributed by atoms with Crippen LogP contribution < -0.4 is 9.80 Å². The van der Waals surface area contributed by atoms with Crippen molar-refractivity contribution in [3.63, 3.8) is 0 Å². The van der Waals surface area contributed by atoms with Crippen LogP contribution in [0.2, 0.25) is 5.02 Å². The minimum absolute atomic E-state index is 0.280. The van der Waals surface area contributed by atoms with Crippen molar-refractivity contribution in [1.82, 2.24) is 0 Å². The number of carbonyl (C=O) groups excluding carboxylic acids is 1. The van der Waals surface area contributed by atoms with Gasteiger partial charge in [-0.1, -0.05) is 29.8 Å². The normalized spacial score (nSPS) is 15.3. The number of quaternary nitrogens is 1. The molecule has 5 heteroatoms. The Morgan fingerprint density at radius 1 is 1.17 bits per heavy atom. The summed E-state index contributed by atoms with van der Waals surface area (Å²) in [5, 5.41) is 0.780. The van der Waals surface area contributed by atoms with Crippen molar-refractivity contribution in [3.8, 4) is 0 Å². The molecule has 1 saturated heterocycles. The number of anilines is 1. The van der Waals surface area contributed by atoms with Crippen LogP contribution in [0.3, 0.4) is 0 Å². The Morgan fingerprint density at radius 2 is 1.92 bits per heavy atom. The second kappa shape index (κ2) is 7.69. The van der Waals surface area contributed by atoms with Crippen molar-refractivity contribution < 1.29 is 14.4 Å². The lowest BCUT2D eigenvalue weighted by Crippen LogP contribution is -3.13. The fourth-order valence-electron chi connectivity index (χ4n) is 3.15. The maximum atomic E-state index is 11.6. The molecule has 4 nitrogen and oxygen atoms in total. The summed E-state index contributed by atoms with van der Waals surface area (Å²) >= 11 is 6.08. The van der Waals surface area contributed by atoms with Gasteiger partial charge in [-0.15, -0.1) is 0 Å². The number of rotatable bonds is 4. The summed E-state index contributed by atoms with van der Waals surface area (Å²) in [7, 11) is 1.41. The van der Waals surface area contributed by atoms with Crippen molar-refractivity contribution in [1.29, 1.82) is 0 Å². The highest BCUT2D eigenvalue weighted by atomic mass is 35.5. The number of piperazine rings is 1. The number of carbonyl (C=O) groups is 1. The van der Waals surface area contributed by atoms with Crippen LogP contribution in [0.5, 0.6) is 0 Å². The molecule has 1 aliphatic heterocycles. The standard InChI is InChI=1S/C19H21ClN2O2/c1-24-19(23)16-5-2-4-15(12-16)14-21-8-10-22(11-9-21)18-7-3-6-17(20)13-18/h2-7,12-13H,8-11,14H2,1H3/p+1. The zero-order chi connectivity index (χ0) is 16.9. The first-order chi connectivity index (χ1) is 11.7. The van der Waals surface area contributed by atoms with Gasteiger partial charge in [0.1, 0.15) is 6.54 Å². The largest absolute Gasteiger partial charge is 0.465 e. The topological polar surface area (TPSA) is 34.0 Å². The predicted octanol–water partition coefficient (Wildman–Crippen LogP) is 2.03. The molecule has 0 radical (unpaired) electrons. The zero-order valence-corrected chi connectivity index (χ0v) is 14.6. The Labute approximate surface area is 147 Å². The van der Waals surface area contributed by atoms with E-state index in [-0.39, 0.29) is 5.97 Å². The van der Waals surface area contributed by atoms with Crippen LogP contribution in [0.4, 0.5) is 5.69 Å². The summed E-state index contributed by atoms with van der Waals surface area (Å²) in [4.78, 5) is 15.5. The molecule has 1 aliphatic rings. The molecule has 0 atom stereocenters. The van der Waals surface area contributed by atoms with Gasteiger partial charge < -0.3 is 14.5 Å². The van der Waals surface area contributed by atoms with Gasteiger partial charge in [0.2, 0.25) is 0 Å². The fourth-order valence-corrected chi connectivity index (χ4v) is 3.33. The predicted molar refractivity (Wildman–Crippen MR) is 95.8 cm³/mol. The molecule has 0 amide bonds. The van der Waals surface area contributed by atoms with Gasteiger partial charge in [0.15, 0.2) is 0 Å². The summed E-state index contributed by atoms with van der Waals surface area (Å²) in [6.07, 6.45) is 0. The van der Waals surface area contributed by atoms with Crippen LogP contribution in [0.1, 0.15) is 15.9 Å². The fraction of sp³-hybridized carbons (Fsp3) is 0.316. The van der Waals surface area contributed by atoms with E-state index < -0.39 is 0 Å². The molecule has 0 bridgehead atoms. The van der Waals surface area contributed by atoms with Crippen LogP contribution in [-0.4, -0.2) is 39.3 Å². The number of benzene rings is 2. The molecule has 0 aliphatic carbocycles. The molecule has 1 N–H and O–H groups in total. The van der Waals surface area contributed by atoms with Gasteiger partial charge in [-0.25, -0.2) is 4.79 Å². The van der Waals surface area contributed by atoms with E-state index in [0.29, 0.717) is 5.56 Å². The molecule has 1 fully saturated rings. The smallest absolute Gasteiger partial charge is 0.337 e. The quantitative estimate of drug-likeness (QED) is 0.861. The van der Waals surface area contributed by atoms with Gasteiger partial charge in [0, 0.05) is 16.3 Å². The lowest BCUT2D eigenvalue weighted by molar-refractivity contribution is -0.914. The second-order valence-corrected chi connectivity index (χ2v) is 6.52. The van der Waals surface area contributed by atoms with Crippen molar-refractivity contribution in [2.75, 3.05) is 38.2 Å². The summed E-state index contributed by atoms with van der Waals surface area (Å²) in [5.41, 5.74) is 2.98. The molecule has 2 aromatic carbocycles. The van der Waals surface area contributed by atoms with Gasteiger partial charge in [-0.2, -0.15) is 0 Å². The van der Waals surface area contributed by atoms with Crippen LogP contribution in [0, 0.1) is 0 Å². The zero-order valence-electron chi connectivity index (χ0n) is 13.8. The Hall–Kier alpha value is -2.04. The van der Waals surface area contributed by atoms with Crippen LogP contribution in [0.15, 0.2) is 48.5 Å². The number of nitrogens with zero attached hydrogens (tertiary/aromatic N) is 1. The Kier molecular flexibility index (Phi) is 5.38. The number of esters is 1. The molecule has 3 rings (SSSR count). The molecule has 2 aromatic rings. The van der Waals surface area contributed by atoms with Gasteiger partial charge >= 0.3 is 5.97 Å². The van der Waals surface area contributed by atoms with Crippen LogP contribution >= 0.6 is 11.6 Å². The third kappa shape index (κ3) is 4.08. The van der Waals surface area contributed by atoms with E-state index in [0.717, 1.165) is 37.7 Å². The maximum Gasteiger partial charge on any atom is 0.337 e. The van der Waals surface area contributed by atoms with E-state index in [2.05, 4.69) is 17.0 Å². The van der Waals surface area contributed by atoms with E-state index in [1.807, 2.05) is 30.3 Å². The van der Waals surface area contributed by atoms with Gasteiger partial charge in [-0.3, -0.25) is 0 Å². The number of hydrogen-bond donors (Lipinski definition) is 1. The van der Waals surface area contributed by atoms with Gasteiger partial charge in [-0.05, 0) is 30.3 Å². The minimum Gasteiger partial charge on any atom is -0.465 e. The van der Waals surface area contributed by atoms with Crippen molar-refractivity contribution >= 4 is 23.3 Å². The Bertz CT molecular complexity index is 712. The van der Waals surface area contributed by atoms with Gasteiger partial charge in [0.05, 0.1) is 38.9 Å². The first-order valence-electron chi connectivity index (χ1n) is 8.17. The number of methoxy groups -OCH3 is 1. The van der Waals surface area contributed by atoms with Crippen LogP contribution in [0.25, 0.3) is 0 Å². The number of ether oxygens (including phenoxy) is 1. The van der Waals surface area contributed by atoms with Crippen molar-refractivity contribution in [2.45, 2.75) is 6.54 Å². The second-order valence-electron chi connectivity index (χ2n) is 6.09. The molecule has 24 heavy (non-hydrogen) atoms. The van der Waals surface area contributed by atoms with Crippen molar-refractivity contribution in [3.05, 3.63) is 64.7 Å². The highest BCUT2D eigenvalue weighted by Gasteiger charge is 2.20. The molecular weight excluding hydrogens is 324 g/mol. The maximum absolute atomic E-state index is 11.6. The lowest BCUT2D eigenvalue weighted by Gasteiger charge is -2.33. The molecule has 0 unspecified atom stereocenters. The highest BCUT2D eigenvalue weighted by molar-refractivity contribution is 6.30. The first-order valence-corrected chi connectivity index (χ1v) is 8.55. The Morgan fingerprint density at radius 3 is 2.62 bits per heavy atom. The van der Waals surface area contributed by atoms with Gasteiger partial charge in [0.25, 0.3) is 0 Å².